The summed E-state index contributed by atoms with van der Waals surface area (Å²) in [5, 5.41) is 22.5. The van der Waals surface area contributed by atoms with Gasteiger partial charge in [-0.3, -0.25) is 14.9 Å². The Kier molecular flexibility index (Phi) is 4.80. The third kappa shape index (κ3) is 3.79. The molecule has 0 atom stereocenters. The number of carbonyl (C=O) groups is 1. The predicted molar refractivity (Wildman–Crippen MR) is 91.1 cm³/mol. The lowest BCUT2D eigenvalue weighted by molar-refractivity contribution is -0.384. The van der Waals surface area contributed by atoms with Crippen LogP contribution in [0, 0.1) is 21.4 Å². The van der Waals surface area contributed by atoms with Gasteiger partial charge in [0.05, 0.1) is 4.92 Å². The normalized spacial score (nSPS) is 12.3. The number of nitro groups is 1. The minimum Gasteiger partial charge on any atom is -0.454 e. The van der Waals surface area contributed by atoms with Crippen molar-refractivity contribution in [1.29, 1.82) is 5.26 Å². The molecule has 0 bridgehead atoms. The maximum absolute atomic E-state index is 12.2. The van der Waals surface area contributed by atoms with E-state index in [2.05, 4.69) is 5.32 Å². The number of amides is 1. The van der Waals surface area contributed by atoms with Gasteiger partial charge in [0.2, 0.25) is 6.79 Å². The number of benzene rings is 2. The Labute approximate surface area is 148 Å². The second-order valence-corrected chi connectivity index (χ2v) is 5.39. The highest BCUT2D eigenvalue weighted by Gasteiger charge is 2.14. The van der Waals surface area contributed by atoms with E-state index in [9.17, 15) is 20.2 Å². The van der Waals surface area contributed by atoms with Crippen LogP contribution in [0.1, 0.15) is 11.1 Å². The summed E-state index contributed by atoms with van der Waals surface area (Å²) < 4.78 is 10.5. The molecule has 1 aliphatic heterocycles. The van der Waals surface area contributed by atoms with Gasteiger partial charge >= 0.3 is 0 Å². The van der Waals surface area contributed by atoms with Gasteiger partial charge in [-0.25, -0.2) is 0 Å². The monoisotopic (exact) mass is 351 g/mol. The molecular weight excluding hydrogens is 338 g/mol. The van der Waals surface area contributed by atoms with Gasteiger partial charge in [0.15, 0.2) is 11.5 Å². The molecule has 0 saturated heterocycles. The van der Waals surface area contributed by atoms with E-state index >= 15 is 0 Å². The standard InChI is InChI=1S/C18H13N3O5/c19-9-14(7-12-1-4-15(5-2-12)21(23)24)18(22)20-10-13-3-6-16-17(8-13)26-11-25-16/h1-8H,10-11H2,(H,20,22)/b14-7+. The zero-order valence-corrected chi connectivity index (χ0v) is 13.5. The summed E-state index contributed by atoms with van der Waals surface area (Å²) in [6.07, 6.45) is 1.37. The van der Waals surface area contributed by atoms with Crippen LogP contribution in [0.4, 0.5) is 5.69 Å². The van der Waals surface area contributed by atoms with Crippen LogP contribution in [-0.4, -0.2) is 17.6 Å². The first-order chi connectivity index (χ1) is 12.6. The summed E-state index contributed by atoms with van der Waals surface area (Å²) in [6, 6.07) is 12.7. The van der Waals surface area contributed by atoms with Crippen molar-refractivity contribution in [1.82, 2.24) is 5.32 Å². The Hall–Kier alpha value is -3.86. The summed E-state index contributed by atoms with van der Waals surface area (Å²) in [4.78, 5) is 22.3. The summed E-state index contributed by atoms with van der Waals surface area (Å²) in [5.41, 5.74) is 1.16. The number of nitro benzene ring substituents is 1. The van der Waals surface area contributed by atoms with Crippen molar-refractivity contribution < 1.29 is 19.2 Å². The zero-order valence-electron chi connectivity index (χ0n) is 13.5. The SMILES string of the molecule is N#C/C(=C\c1ccc([N+](=O)[O-])cc1)C(=O)NCc1ccc2c(c1)OCO2. The molecule has 8 nitrogen and oxygen atoms in total. The Bertz CT molecular complexity index is 929. The molecule has 1 N–H and O–H groups in total. The first-order valence-electron chi connectivity index (χ1n) is 7.60. The van der Waals surface area contributed by atoms with Crippen molar-refractivity contribution in [2.45, 2.75) is 6.54 Å². The summed E-state index contributed by atoms with van der Waals surface area (Å²) in [6.45, 7) is 0.385. The maximum Gasteiger partial charge on any atom is 0.269 e. The molecule has 8 heteroatoms. The van der Waals surface area contributed by atoms with Gasteiger partial charge in [0.1, 0.15) is 11.6 Å². The van der Waals surface area contributed by atoms with Crippen LogP contribution < -0.4 is 14.8 Å². The minimum absolute atomic E-state index is 0.0621. The van der Waals surface area contributed by atoms with Gasteiger partial charge in [0, 0.05) is 18.7 Å². The van der Waals surface area contributed by atoms with Crippen LogP contribution in [-0.2, 0) is 11.3 Å². The third-order valence-corrected chi connectivity index (χ3v) is 3.67. The molecule has 2 aromatic rings. The highest BCUT2D eigenvalue weighted by Crippen LogP contribution is 2.32. The first kappa shape index (κ1) is 17.0. The lowest BCUT2D eigenvalue weighted by Crippen LogP contribution is -2.23. The molecule has 0 radical (unpaired) electrons. The smallest absolute Gasteiger partial charge is 0.269 e. The van der Waals surface area contributed by atoms with Crippen LogP contribution in [0.2, 0.25) is 0 Å². The molecule has 0 saturated carbocycles. The van der Waals surface area contributed by atoms with Crippen molar-refractivity contribution in [3.05, 3.63) is 69.3 Å². The van der Waals surface area contributed by atoms with E-state index in [-0.39, 0.29) is 24.6 Å². The van der Waals surface area contributed by atoms with Crippen molar-refractivity contribution >= 4 is 17.7 Å². The lowest BCUT2D eigenvalue weighted by Gasteiger charge is -2.05. The second-order valence-electron chi connectivity index (χ2n) is 5.39. The van der Waals surface area contributed by atoms with E-state index < -0.39 is 10.8 Å². The van der Waals surface area contributed by atoms with E-state index in [0.717, 1.165) is 5.56 Å². The molecule has 0 spiro atoms. The van der Waals surface area contributed by atoms with Gasteiger partial charge < -0.3 is 14.8 Å². The summed E-state index contributed by atoms with van der Waals surface area (Å²) in [5.74, 6) is 0.720. The number of nitrogens with zero attached hydrogens (tertiary/aromatic N) is 2. The topological polar surface area (TPSA) is 114 Å². The van der Waals surface area contributed by atoms with E-state index in [4.69, 9.17) is 9.47 Å². The molecule has 130 valence electrons. The maximum atomic E-state index is 12.2. The van der Waals surface area contributed by atoms with Gasteiger partial charge in [-0.1, -0.05) is 6.07 Å². The number of nitrogens with one attached hydrogen (secondary N) is 1. The fourth-order valence-corrected chi connectivity index (χ4v) is 2.34. The summed E-state index contributed by atoms with van der Waals surface area (Å²) in [7, 11) is 0. The van der Waals surface area contributed by atoms with Gasteiger partial charge in [-0.05, 0) is 41.5 Å². The van der Waals surface area contributed by atoms with Crippen molar-refractivity contribution in [3.8, 4) is 17.6 Å². The average molecular weight is 351 g/mol. The molecular formula is C18H13N3O5. The van der Waals surface area contributed by atoms with Gasteiger partial charge in [-0.15, -0.1) is 0 Å². The summed E-state index contributed by atoms with van der Waals surface area (Å²) >= 11 is 0. The molecule has 2 aromatic carbocycles. The van der Waals surface area contributed by atoms with Crippen molar-refractivity contribution in [2.24, 2.45) is 0 Å². The van der Waals surface area contributed by atoms with E-state index in [1.165, 1.54) is 30.3 Å². The number of fused-ring (bicyclic) bond motifs is 1. The van der Waals surface area contributed by atoms with Crippen LogP contribution in [0.5, 0.6) is 11.5 Å². The Morgan fingerprint density at radius 2 is 1.96 bits per heavy atom. The van der Waals surface area contributed by atoms with Gasteiger partial charge in [0.25, 0.3) is 11.6 Å². The number of nitriles is 1. The third-order valence-electron chi connectivity index (χ3n) is 3.67. The fourth-order valence-electron chi connectivity index (χ4n) is 2.34. The van der Waals surface area contributed by atoms with Crippen LogP contribution >= 0.6 is 0 Å². The molecule has 0 fully saturated rings. The highest BCUT2D eigenvalue weighted by atomic mass is 16.7. The molecule has 0 aromatic heterocycles. The molecule has 1 aliphatic rings. The zero-order chi connectivity index (χ0) is 18.5. The Balaban J connectivity index is 1.67. The van der Waals surface area contributed by atoms with Crippen LogP contribution in [0.25, 0.3) is 6.08 Å². The minimum atomic E-state index is -0.538. The molecule has 0 unspecified atom stereocenters. The second kappa shape index (κ2) is 7.36. The predicted octanol–water partition coefficient (Wildman–Crippen LogP) is 2.55. The van der Waals surface area contributed by atoms with Gasteiger partial charge in [-0.2, -0.15) is 5.26 Å². The number of non-ortho nitro benzene ring substituents is 1. The molecule has 0 aliphatic carbocycles. The number of hydrogen-bond acceptors (Lipinski definition) is 6. The highest BCUT2D eigenvalue weighted by molar-refractivity contribution is 6.01. The quantitative estimate of drug-likeness (QED) is 0.383. The number of hydrogen-bond donors (Lipinski definition) is 1. The van der Waals surface area contributed by atoms with E-state index in [0.29, 0.717) is 17.1 Å². The molecule has 26 heavy (non-hydrogen) atoms. The molecule has 3 rings (SSSR count). The van der Waals surface area contributed by atoms with E-state index in [1.807, 2.05) is 6.07 Å². The largest absolute Gasteiger partial charge is 0.454 e. The van der Waals surface area contributed by atoms with Crippen molar-refractivity contribution in [2.75, 3.05) is 6.79 Å². The molecule has 1 amide bonds. The number of carbonyl (C=O) groups excluding carboxylic acids is 1. The number of ether oxygens (including phenoxy) is 2. The number of rotatable bonds is 5. The van der Waals surface area contributed by atoms with E-state index in [1.54, 1.807) is 18.2 Å². The molecule has 1 heterocycles. The fraction of sp³-hybridized carbons (Fsp3) is 0.111. The Morgan fingerprint density at radius 1 is 1.23 bits per heavy atom. The lowest BCUT2D eigenvalue weighted by atomic mass is 10.1. The van der Waals surface area contributed by atoms with Crippen LogP contribution in [0.3, 0.4) is 0 Å². The first-order valence-corrected chi connectivity index (χ1v) is 7.60. The van der Waals surface area contributed by atoms with Crippen LogP contribution in [0.15, 0.2) is 48.0 Å². The average Bonchev–Trinajstić information content (AvgIpc) is 3.12. The van der Waals surface area contributed by atoms with Crippen molar-refractivity contribution in [3.63, 3.8) is 0 Å². The Morgan fingerprint density at radius 3 is 2.65 bits per heavy atom.